The van der Waals surface area contributed by atoms with E-state index in [0.717, 1.165) is 24.4 Å². The minimum Gasteiger partial charge on any atom is -0.495 e. The maximum Gasteiger partial charge on any atom is 0.170 e. The quantitative estimate of drug-likeness (QED) is 0.507. The van der Waals surface area contributed by atoms with Crippen molar-refractivity contribution in [3.63, 3.8) is 0 Å². The normalized spacial score (nSPS) is 10.2. The summed E-state index contributed by atoms with van der Waals surface area (Å²) in [4.78, 5) is 0. The van der Waals surface area contributed by atoms with Gasteiger partial charge in [-0.25, -0.2) is 0 Å². The third kappa shape index (κ3) is 6.50. The van der Waals surface area contributed by atoms with Gasteiger partial charge >= 0.3 is 0 Å². The van der Waals surface area contributed by atoms with Gasteiger partial charge in [-0.15, -0.1) is 0 Å². The molecule has 0 amide bonds. The molecule has 0 saturated heterocycles. The van der Waals surface area contributed by atoms with E-state index in [1.54, 1.807) is 26.4 Å². The molecule has 2 N–H and O–H groups in total. The largest absolute Gasteiger partial charge is 0.495 e. The van der Waals surface area contributed by atoms with E-state index in [0.29, 0.717) is 21.6 Å². The first-order valence-corrected chi connectivity index (χ1v) is 9.10. The number of thiocarbonyl (C=S) groups is 1. The summed E-state index contributed by atoms with van der Waals surface area (Å²) in [6.45, 7) is 3.04. The van der Waals surface area contributed by atoms with Gasteiger partial charge in [0.15, 0.2) is 5.11 Å². The van der Waals surface area contributed by atoms with Crippen LogP contribution >= 0.6 is 35.6 Å². The van der Waals surface area contributed by atoms with E-state index in [1.165, 1.54) is 12.2 Å². The molecule has 0 heterocycles. The number of nitrogens with one attached hydrogen (secondary N) is 2. The number of benzene rings is 1. The van der Waals surface area contributed by atoms with Gasteiger partial charge in [0.25, 0.3) is 0 Å². The Kier molecular flexibility index (Phi) is 9.43. The molecule has 0 saturated carbocycles. The average molecular weight is 363 g/mol. The third-order valence-corrected chi connectivity index (χ3v) is 4.64. The lowest BCUT2D eigenvalue weighted by molar-refractivity contribution is 0.405. The maximum atomic E-state index is 6.08. The molecule has 1 rings (SSSR count). The number of thioether (sulfide) groups is 1. The Morgan fingerprint density at radius 3 is 2.59 bits per heavy atom. The summed E-state index contributed by atoms with van der Waals surface area (Å²) in [5, 5.41) is 7.36. The Morgan fingerprint density at radius 1 is 1.23 bits per heavy atom. The Balaban J connectivity index is 2.49. The molecular weight excluding hydrogens is 340 g/mol. The summed E-state index contributed by atoms with van der Waals surface area (Å²) in [7, 11) is 3.16. The van der Waals surface area contributed by atoms with Crippen molar-refractivity contribution in [2.45, 2.75) is 19.8 Å². The molecule has 0 aromatic heterocycles. The van der Waals surface area contributed by atoms with E-state index < -0.39 is 0 Å². The molecule has 0 unspecified atom stereocenters. The van der Waals surface area contributed by atoms with E-state index >= 15 is 0 Å². The molecule has 1 aromatic rings. The summed E-state index contributed by atoms with van der Waals surface area (Å²) in [6.07, 6.45) is 2.30. The topological polar surface area (TPSA) is 42.5 Å². The van der Waals surface area contributed by atoms with Crippen molar-refractivity contribution in [1.82, 2.24) is 5.32 Å². The fraction of sp³-hybridized carbons (Fsp3) is 0.533. The Morgan fingerprint density at radius 2 is 1.95 bits per heavy atom. The van der Waals surface area contributed by atoms with Gasteiger partial charge in [-0.1, -0.05) is 18.5 Å². The number of ether oxygens (including phenoxy) is 2. The van der Waals surface area contributed by atoms with Crippen LogP contribution in [0, 0.1) is 0 Å². The van der Waals surface area contributed by atoms with Crippen LogP contribution in [-0.4, -0.2) is 37.4 Å². The van der Waals surface area contributed by atoms with Crippen molar-refractivity contribution in [3.05, 3.63) is 17.2 Å². The predicted molar refractivity (Wildman–Crippen MR) is 101 cm³/mol. The minimum absolute atomic E-state index is 0.497. The van der Waals surface area contributed by atoms with Crippen LogP contribution in [0.15, 0.2) is 12.1 Å². The van der Waals surface area contributed by atoms with Gasteiger partial charge in [0, 0.05) is 18.7 Å². The zero-order chi connectivity index (χ0) is 16.4. The summed E-state index contributed by atoms with van der Waals surface area (Å²) in [5.74, 6) is 3.55. The van der Waals surface area contributed by atoms with Gasteiger partial charge in [-0.2, -0.15) is 11.8 Å². The van der Waals surface area contributed by atoms with Crippen molar-refractivity contribution in [1.29, 1.82) is 0 Å². The van der Waals surface area contributed by atoms with Gasteiger partial charge in [-0.3, -0.25) is 0 Å². The molecule has 7 heteroatoms. The number of hydrogen-bond acceptors (Lipinski definition) is 4. The van der Waals surface area contributed by atoms with E-state index in [4.69, 9.17) is 33.3 Å². The molecule has 0 aliphatic carbocycles. The smallest absolute Gasteiger partial charge is 0.170 e. The van der Waals surface area contributed by atoms with Crippen molar-refractivity contribution >= 4 is 46.4 Å². The van der Waals surface area contributed by atoms with Crippen molar-refractivity contribution in [3.8, 4) is 11.5 Å². The lowest BCUT2D eigenvalue weighted by Gasteiger charge is -2.15. The van der Waals surface area contributed by atoms with Crippen LogP contribution in [0.5, 0.6) is 11.5 Å². The van der Waals surface area contributed by atoms with Gasteiger partial charge in [0.1, 0.15) is 11.5 Å². The van der Waals surface area contributed by atoms with Crippen LogP contribution in [0.3, 0.4) is 0 Å². The highest BCUT2D eigenvalue weighted by Gasteiger charge is 2.10. The zero-order valence-corrected chi connectivity index (χ0v) is 15.6. The molecule has 0 fully saturated rings. The van der Waals surface area contributed by atoms with E-state index in [1.807, 2.05) is 11.8 Å². The minimum atomic E-state index is 0.497. The molecule has 4 nitrogen and oxygen atoms in total. The Labute approximate surface area is 147 Å². The van der Waals surface area contributed by atoms with Gasteiger partial charge in [0.05, 0.1) is 24.9 Å². The summed E-state index contributed by atoms with van der Waals surface area (Å²) in [5.41, 5.74) is 0.724. The van der Waals surface area contributed by atoms with Crippen LogP contribution in [0.2, 0.25) is 5.02 Å². The monoisotopic (exact) mass is 362 g/mol. The molecule has 0 aliphatic heterocycles. The highest BCUT2D eigenvalue weighted by Crippen LogP contribution is 2.35. The Hall–Kier alpha value is -0.850. The zero-order valence-electron chi connectivity index (χ0n) is 13.2. The van der Waals surface area contributed by atoms with Crippen molar-refractivity contribution < 1.29 is 9.47 Å². The maximum absolute atomic E-state index is 6.08. The predicted octanol–water partition coefficient (Wildman–Crippen LogP) is 4.18. The fourth-order valence-electron chi connectivity index (χ4n) is 1.75. The lowest BCUT2D eigenvalue weighted by Crippen LogP contribution is -2.29. The number of methoxy groups -OCH3 is 2. The third-order valence-electron chi connectivity index (χ3n) is 2.82. The molecule has 0 aliphatic rings. The van der Waals surface area contributed by atoms with E-state index in [9.17, 15) is 0 Å². The molecule has 22 heavy (non-hydrogen) atoms. The van der Waals surface area contributed by atoms with Crippen LogP contribution in [0.4, 0.5) is 5.69 Å². The summed E-state index contributed by atoms with van der Waals surface area (Å²) >= 11 is 13.3. The second-order valence-electron chi connectivity index (χ2n) is 4.53. The van der Waals surface area contributed by atoms with Crippen LogP contribution in [0.25, 0.3) is 0 Å². The first-order chi connectivity index (χ1) is 10.6. The van der Waals surface area contributed by atoms with Gasteiger partial charge in [-0.05, 0) is 36.6 Å². The number of anilines is 1. The molecule has 0 spiro atoms. The first-order valence-electron chi connectivity index (χ1n) is 7.16. The van der Waals surface area contributed by atoms with E-state index in [-0.39, 0.29) is 0 Å². The van der Waals surface area contributed by atoms with E-state index in [2.05, 4.69) is 17.6 Å². The highest BCUT2D eigenvalue weighted by atomic mass is 35.5. The fourth-order valence-corrected chi connectivity index (χ4v) is 3.03. The van der Waals surface area contributed by atoms with Gasteiger partial charge in [0.2, 0.25) is 0 Å². The number of rotatable bonds is 9. The number of hydrogen-bond donors (Lipinski definition) is 2. The Bertz CT molecular complexity index is 487. The van der Waals surface area contributed by atoms with Crippen LogP contribution in [-0.2, 0) is 0 Å². The van der Waals surface area contributed by atoms with Crippen molar-refractivity contribution in [2.24, 2.45) is 0 Å². The first kappa shape index (κ1) is 19.2. The van der Waals surface area contributed by atoms with Crippen LogP contribution in [0.1, 0.15) is 19.8 Å². The number of halogens is 1. The highest BCUT2D eigenvalue weighted by molar-refractivity contribution is 7.99. The average Bonchev–Trinajstić information content (AvgIpc) is 2.52. The molecule has 124 valence electrons. The summed E-state index contributed by atoms with van der Waals surface area (Å²) in [6, 6.07) is 3.47. The molecule has 0 atom stereocenters. The van der Waals surface area contributed by atoms with Crippen LogP contribution < -0.4 is 20.1 Å². The summed E-state index contributed by atoms with van der Waals surface area (Å²) < 4.78 is 10.5. The second kappa shape index (κ2) is 10.8. The lowest BCUT2D eigenvalue weighted by atomic mass is 10.2. The SMILES string of the molecule is CCCSCCCNC(=S)Nc1cc(OC)c(Cl)cc1OC. The van der Waals surface area contributed by atoms with Crippen molar-refractivity contribution in [2.75, 3.05) is 37.6 Å². The molecule has 0 radical (unpaired) electrons. The standard InChI is InChI=1S/C15H23ClN2O2S2/c1-4-7-22-8-5-6-17-15(21)18-12-10-13(19-2)11(16)9-14(12)20-3/h9-10H,4-8H2,1-3H3,(H2,17,18,21). The van der Waals surface area contributed by atoms with Gasteiger partial charge < -0.3 is 20.1 Å². The molecule has 0 bridgehead atoms. The molecular formula is C15H23ClN2O2S2. The second-order valence-corrected chi connectivity index (χ2v) is 6.57. The molecule has 1 aromatic carbocycles.